The molecule has 3 aliphatic rings. The highest BCUT2D eigenvalue weighted by Crippen LogP contribution is 2.66. The van der Waals surface area contributed by atoms with E-state index in [0.717, 1.165) is 5.56 Å². The first kappa shape index (κ1) is 32.6. The van der Waals surface area contributed by atoms with Crippen molar-refractivity contribution in [1.29, 1.82) is 0 Å². The maximum Gasteiger partial charge on any atom is 0.249 e. The molecule has 0 saturated carbocycles. The van der Waals surface area contributed by atoms with E-state index in [1.54, 1.807) is 26.9 Å². The van der Waals surface area contributed by atoms with Gasteiger partial charge in [-0.05, 0) is 42.9 Å². The van der Waals surface area contributed by atoms with Crippen LogP contribution in [0.5, 0.6) is 0 Å². The number of carbonyl (C=O) groups is 3. The highest BCUT2D eigenvalue weighted by molar-refractivity contribution is 6.03. The van der Waals surface area contributed by atoms with Gasteiger partial charge < -0.3 is 24.5 Å². The summed E-state index contributed by atoms with van der Waals surface area (Å²) < 4.78 is 7.01. The van der Waals surface area contributed by atoms with E-state index in [-0.39, 0.29) is 49.3 Å². The van der Waals surface area contributed by atoms with E-state index in [4.69, 9.17) is 4.74 Å². The second-order valence-corrected chi connectivity index (χ2v) is 13.2. The number of amides is 3. The van der Waals surface area contributed by atoms with Crippen LogP contribution in [0.4, 0.5) is 5.69 Å². The number of likely N-dealkylation sites (tertiary alicyclic amines) is 1. The Kier molecular flexibility index (Phi) is 9.38. The van der Waals surface area contributed by atoms with Crippen molar-refractivity contribution in [2.45, 2.75) is 70.4 Å². The quantitative estimate of drug-likeness (QED) is 0.327. The molecule has 2 aromatic rings. The number of hydrogen-bond acceptors (Lipinski definition) is 5. The number of hydrogen-bond donors (Lipinski definition) is 1. The summed E-state index contributed by atoms with van der Waals surface area (Å²) in [5.74, 6) is -2.68. The van der Waals surface area contributed by atoms with Crippen LogP contribution >= 0.6 is 0 Å². The number of para-hydroxylation sites is 1. The molecule has 0 aromatic heterocycles. The molecular weight excluding hydrogens is 566 g/mol. The molecule has 240 valence electrons. The van der Waals surface area contributed by atoms with Crippen LogP contribution in [0.15, 0.2) is 86.0 Å². The Bertz CT molecular complexity index is 1420. The van der Waals surface area contributed by atoms with E-state index in [2.05, 4.69) is 13.2 Å². The molecule has 1 spiro atoms. The molecule has 3 aliphatic heterocycles. The average molecular weight is 614 g/mol. The summed E-state index contributed by atoms with van der Waals surface area (Å²) in [6.07, 6.45) is 4.52. The van der Waals surface area contributed by atoms with E-state index < -0.39 is 35.1 Å². The van der Waals surface area contributed by atoms with Gasteiger partial charge in [0.1, 0.15) is 11.6 Å². The molecule has 2 aromatic carbocycles. The lowest BCUT2D eigenvalue weighted by Crippen LogP contribution is -2.59. The molecule has 3 fully saturated rings. The van der Waals surface area contributed by atoms with Gasteiger partial charge in [0.25, 0.3) is 0 Å². The monoisotopic (exact) mass is 613 g/mol. The van der Waals surface area contributed by atoms with Crippen molar-refractivity contribution in [3.8, 4) is 0 Å². The van der Waals surface area contributed by atoms with Gasteiger partial charge in [0.2, 0.25) is 17.7 Å². The Labute approximate surface area is 267 Å². The molecule has 2 bridgehead atoms. The number of carbonyl (C=O) groups excluding carboxylic acids is 3. The Morgan fingerprint density at radius 2 is 1.69 bits per heavy atom. The van der Waals surface area contributed by atoms with Crippen LogP contribution in [-0.4, -0.2) is 75.6 Å². The standard InChI is InChI=1S/C37H47N3O5/c1-7-20-38(23-27-16-12-10-13-17-27)35(44)32-37-22-26(5)36(6,45-37)30(31(37)34(43)40(32)29(24-41)25(4)9-3)33(42)39(21-8-2)28-18-14-11-15-19-28/h7-8,10-19,25-26,29-32,41H,1-2,9,20-24H2,3-6H3/t25-,26?,29-,30-,31-,32?,36+,37?/m0/s1. The lowest BCUT2D eigenvalue weighted by molar-refractivity contribution is -0.157. The zero-order valence-corrected chi connectivity index (χ0v) is 27.0. The molecule has 0 radical (unpaired) electrons. The summed E-state index contributed by atoms with van der Waals surface area (Å²) in [6, 6.07) is 17.5. The zero-order chi connectivity index (χ0) is 32.5. The molecule has 3 amide bonds. The van der Waals surface area contributed by atoms with Crippen LogP contribution in [0, 0.1) is 23.7 Å². The van der Waals surface area contributed by atoms with Crippen LogP contribution in [0.3, 0.4) is 0 Å². The van der Waals surface area contributed by atoms with E-state index >= 15 is 0 Å². The molecule has 45 heavy (non-hydrogen) atoms. The van der Waals surface area contributed by atoms with Crippen molar-refractivity contribution in [3.05, 3.63) is 91.5 Å². The van der Waals surface area contributed by atoms with Crippen molar-refractivity contribution < 1.29 is 24.2 Å². The van der Waals surface area contributed by atoms with Gasteiger partial charge in [0.05, 0.1) is 30.1 Å². The average Bonchev–Trinajstić information content (AvgIpc) is 3.56. The normalized spacial score (nSPS) is 29.6. The van der Waals surface area contributed by atoms with E-state index in [9.17, 15) is 19.5 Å². The summed E-state index contributed by atoms with van der Waals surface area (Å²) >= 11 is 0. The van der Waals surface area contributed by atoms with Crippen molar-refractivity contribution in [3.63, 3.8) is 0 Å². The predicted molar refractivity (Wildman–Crippen MR) is 175 cm³/mol. The van der Waals surface area contributed by atoms with Crippen molar-refractivity contribution in [2.75, 3.05) is 24.6 Å². The second kappa shape index (κ2) is 12.9. The van der Waals surface area contributed by atoms with Gasteiger partial charge in [-0.3, -0.25) is 14.4 Å². The minimum Gasteiger partial charge on any atom is -0.394 e. The van der Waals surface area contributed by atoms with Gasteiger partial charge in [-0.1, -0.05) is 87.9 Å². The molecule has 8 nitrogen and oxygen atoms in total. The molecule has 0 aliphatic carbocycles. The minimum absolute atomic E-state index is 0.0904. The van der Waals surface area contributed by atoms with Crippen LogP contribution in [-0.2, 0) is 25.7 Å². The van der Waals surface area contributed by atoms with E-state index in [1.807, 2.05) is 88.4 Å². The number of benzene rings is 2. The summed E-state index contributed by atoms with van der Waals surface area (Å²) in [5, 5.41) is 10.7. The Morgan fingerprint density at radius 1 is 1.07 bits per heavy atom. The highest BCUT2D eigenvalue weighted by atomic mass is 16.5. The molecular formula is C37H47N3O5. The van der Waals surface area contributed by atoms with Gasteiger partial charge in [-0.2, -0.15) is 0 Å². The highest BCUT2D eigenvalue weighted by Gasteiger charge is 2.80. The Morgan fingerprint density at radius 3 is 2.27 bits per heavy atom. The molecule has 3 unspecified atom stereocenters. The van der Waals surface area contributed by atoms with Crippen LogP contribution in [0.1, 0.15) is 46.1 Å². The minimum atomic E-state index is -1.23. The maximum absolute atomic E-state index is 14.9. The molecule has 3 saturated heterocycles. The van der Waals surface area contributed by atoms with Gasteiger partial charge in [0, 0.05) is 25.3 Å². The SMILES string of the molecule is C=CCN(Cc1ccccc1)C(=O)C1N([C@@H](CO)[C@@H](C)CC)C(=O)[C@@H]2[C@@H](C(=O)N(CC=C)c3ccccc3)[C@]3(C)OC12CC3C. The van der Waals surface area contributed by atoms with Gasteiger partial charge in [-0.25, -0.2) is 0 Å². The fraction of sp³-hybridized carbons (Fsp3) is 0.486. The van der Waals surface area contributed by atoms with Gasteiger partial charge >= 0.3 is 0 Å². The Balaban J connectivity index is 1.64. The third-order valence-corrected chi connectivity index (χ3v) is 10.6. The van der Waals surface area contributed by atoms with Gasteiger partial charge in [0.15, 0.2) is 0 Å². The number of aliphatic hydroxyl groups excluding tert-OH is 1. The predicted octanol–water partition coefficient (Wildman–Crippen LogP) is 4.84. The third-order valence-electron chi connectivity index (χ3n) is 10.6. The molecule has 3 heterocycles. The van der Waals surface area contributed by atoms with Crippen LogP contribution in [0.25, 0.3) is 0 Å². The summed E-state index contributed by atoms with van der Waals surface area (Å²) in [4.78, 5) is 49.5. The first-order valence-corrected chi connectivity index (χ1v) is 16.1. The smallest absolute Gasteiger partial charge is 0.249 e. The topological polar surface area (TPSA) is 90.4 Å². The largest absolute Gasteiger partial charge is 0.394 e. The van der Waals surface area contributed by atoms with Crippen molar-refractivity contribution in [1.82, 2.24) is 9.80 Å². The van der Waals surface area contributed by atoms with E-state index in [0.29, 0.717) is 25.1 Å². The summed E-state index contributed by atoms with van der Waals surface area (Å²) in [5.41, 5.74) is -0.537. The second-order valence-electron chi connectivity index (χ2n) is 13.2. The number of anilines is 1. The molecule has 1 N–H and O–H groups in total. The fourth-order valence-electron chi connectivity index (χ4n) is 8.10. The van der Waals surface area contributed by atoms with Crippen LogP contribution < -0.4 is 4.90 Å². The Hall–Kier alpha value is -3.75. The first-order chi connectivity index (χ1) is 21.6. The maximum atomic E-state index is 14.9. The number of ether oxygens (including phenoxy) is 1. The molecule has 8 atom stereocenters. The zero-order valence-electron chi connectivity index (χ0n) is 27.0. The van der Waals surface area contributed by atoms with Crippen LogP contribution in [0.2, 0.25) is 0 Å². The van der Waals surface area contributed by atoms with Gasteiger partial charge in [-0.15, -0.1) is 13.2 Å². The van der Waals surface area contributed by atoms with Crippen molar-refractivity contribution in [2.24, 2.45) is 23.7 Å². The van der Waals surface area contributed by atoms with Crippen molar-refractivity contribution >= 4 is 23.4 Å². The first-order valence-electron chi connectivity index (χ1n) is 16.1. The molecule has 8 heteroatoms. The third kappa shape index (κ3) is 5.32. The fourth-order valence-corrected chi connectivity index (χ4v) is 8.10. The lowest BCUT2D eigenvalue weighted by atomic mass is 9.62. The summed E-state index contributed by atoms with van der Waals surface area (Å²) in [6.45, 7) is 16.3. The number of nitrogens with zero attached hydrogens (tertiary/aromatic N) is 3. The number of fused-ring (bicyclic) bond motifs is 1. The number of aliphatic hydroxyl groups is 1. The van der Waals surface area contributed by atoms with E-state index in [1.165, 1.54) is 0 Å². The lowest BCUT2D eigenvalue weighted by Gasteiger charge is -2.41. The summed E-state index contributed by atoms with van der Waals surface area (Å²) in [7, 11) is 0. The number of rotatable bonds is 13. The molecule has 5 rings (SSSR count).